The third-order valence-corrected chi connectivity index (χ3v) is 3.68. The van der Waals surface area contributed by atoms with Gasteiger partial charge in [0.2, 0.25) is 0 Å². The van der Waals surface area contributed by atoms with Crippen molar-refractivity contribution >= 4 is 5.78 Å². The van der Waals surface area contributed by atoms with Gasteiger partial charge in [-0.05, 0) is 63.9 Å². The van der Waals surface area contributed by atoms with Crippen molar-refractivity contribution in [3.63, 3.8) is 0 Å². The van der Waals surface area contributed by atoms with E-state index in [4.69, 9.17) is 4.74 Å². The zero-order valence-corrected chi connectivity index (χ0v) is 12.5. The Labute approximate surface area is 121 Å². The van der Waals surface area contributed by atoms with E-state index in [2.05, 4.69) is 5.32 Å². The second kappa shape index (κ2) is 7.44. The molecule has 3 nitrogen and oxygen atoms in total. The fraction of sp³-hybridized carbons (Fsp3) is 0.588. The molecule has 110 valence electrons. The third-order valence-electron chi connectivity index (χ3n) is 3.68. The average molecular weight is 275 g/mol. The number of Topliss-reactive ketones (excluding diaryl/α,β-unsaturated/α-hetero) is 1. The molecule has 20 heavy (non-hydrogen) atoms. The maximum absolute atomic E-state index is 12.2. The van der Waals surface area contributed by atoms with Gasteiger partial charge in [-0.2, -0.15) is 0 Å². The van der Waals surface area contributed by atoms with Crippen molar-refractivity contribution in [2.75, 3.05) is 6.54 Å². The highest BCUT2D eigenvalue weighted by atomic mass is 16.5. The molecule has 1 aromatic carbocycles. The van der Waals surface area contributed by atoms with Crippen LogP contribution in [0.15, 0.2) is 24.3 Å². The molecule has 1 atom stereocenters. The number of hydrogen-bond donors (Lipinski definition) is 1. The van der Waals surface area contributed by atoms with Crippen LogP contribution in [-0.2, 0) is 0 Å². The predicted octanol–water partition coefficient (Wildman–Crippen LogP) is 3.58. The third kappa shape index (κ3) is 4.64. The molecule has 0 radical (unpaired) electrons. The highest BCUT2D eigenvalue weighted by Crippen LogP contribution is 2.17. The van der Waals surface area contributed by atoms with Gasteiger partial charge in [-0.3, -0.25) is 4.79 Å². The van der Waals surface area contributed by atoms with Crippen LogP contribution in [0.25, 0.3) is 0 Å². The Morgan fingerprint density at radius 1 is 1.30 bits per heavy atom. The minimum absolute atomic E-state index is 0.161. The first kappa shape index (κ1) is 15.0. The number of piperidine rings is 1. The smallest absolute Gasteiger partial charge is 0.162 e. The van der Waals surface area contributed by atoms with Gasteiger partial charge in [0.1, 0.15) is 5.75 Å². The Bertz CT molecular complexity index is 419. The number of carbonyl (C=O) groups excluding carboxylic acids is 1. The molecule has 1 unspecified atom stereocenters. The van der Waals surface area contributed by atoms with Crippen molar-refractivity contribution < 1.29 is 9.53 Å². The van der Waals surface area contributed by atoms with Crippen molar-refractivity contribution in [1.82, 2.24) is 5.32 Å². The molecule has 0 bridgehead atoms. The zero-order chi connectivity index (χ0) is 14.4. The number of carbonyl (C=O) groups is 1. The second-order valence-electron chi connectivity index (χ2n) is 5.80. The minimum Gasteiger partial charge on any atom is -0.491 e. The van der Waals surface area contributed by atoms with Gasteiger partial charge in [-0.25, -0.2) is 0 Å². The van der Waals surface area contributed by atoms with Gasteiger partial charge in [0.25, 0.3) is 0 Å². The Kier molecular flexibility index (Phi) is 5.60. The molecule has 2 rings (SSSR count). The number of benzene rings is 1. The van der Waals surface area contributed by atoms with Gasteiger partial charge in [-0.1, -0.05) is 6.42 Å². The molecule has 3 heteroatoms. The number of ether oxygens (including phenoxy) is 1. The molecule has 1 aromatic rings. The molecule has 0 saturated carbocycles. The van der Waals surface area contributed by atoms with E-state index in [9.17, 15) is 4.79 Å². The second-order valence-corrected chi connectivity index (χ2v) is 5.80. The SMILES string of the molecule is CC(C)Oc1ccc(C(=O)CCC2CCCCN2)cc1. The van der Waals surface area contributed by atoms with E-state index in [0.29, 0.717) is 12.5 Å². The Balaban J connectivity index is 1.82. The topological polar surface area (TPSA) is 38.3 Å². The number of hydrogen-bond acceptors (Lipinski definition) is 3. The van der Waals surface area contributed by atoms with E-state index in [0.717, 1.165) is 24.3 Å². The number of nitrogens with one attached hydrogen (secondary N) is 1. The lowest BCUT2D eigenvalue weighted by Crippen LogP contribution is -2.34. The number of ketones is 1. The maximum Gasteiger partial charge on any atom is 0.162 e. The van der Waals surface area contributed by atoms with Gasteiger partial charge in [0.05, 0.1) is 6.10 Å². The van der Waals surface area contributed by atoms with E-state index in [-0.39, 0.29) is 11.9 Å². The average Bonchev–Trinajstić information content (AvgIpc) is 2.46. The van der Waals surface area contributed by atoms with Crippen molar-refractivity contribution in [1.29, 1.82) is 0 Å². The molecule has 1 aliphatic heterocycles. The Morgan fingerprint density at radius 2 is 2.05 bits per heavy atom. The normalized spacial score (nSPS) is 19.1. The highest BCUT2D eigenvalue weighted by Gasteiger charge is 2.14. The summed E-state index contributed by atoms with van der Waals surface area (Å²) in [5.41, 5.74) is 0.789. The summed E-state index contributed by atoms with van der Waals surface area (Å²) in [5, 5.41) is 3.48. The predicted molar refractivity (Wildman–Crippen MR) is 81.4 cm³/mol. The van der Waals surface area contributed by atoms with Crippen molar-refractivity contribution in [3.05, 3.63) is 29.8 Å². The Morgan fingerprint density at radius 3 is 2.65 bits per heavy atom. The van der Waals surface area contributed by atoms with Crippen molar-refractivity contribution in [2.24, 2.45) is 0 Å². The first-order chi connectivity index (χ1) is 9.65. The van der Waals surface area contributed by atoms with Crippen LogP contribution in [0.1, 0.15) is 56.3 Å². The van der Waals surface area contributed by atoms with E-state index < -0.39 is 0 Å². The summed E-state index contributed by atoms with van der Waals surface area (Å²) in [6.45, 7) is 5.09. The van der Waals surface area contributed by atoms with Gasteiger partial charge in [-0.15, -0.1) is 0 Å². The van der Waals surface area contributed by atoms with Crippen LogP contribution in [0, 0.1) is 0 Å². The van der Waals surface area contributed by atoms with Gasteiger partial charge in [0.15, 0.2) is 5.78 Å². The molecular formula is C17H25NO2. The standard InChI is InChI=1S/C17H25NO2/c1-13(2)20-16-9-6-14(7-10-16)17(19)11-8-15-5-3-4-12-18-15/h6-7,9-10,13,15,18H,3-5,8,11-12H2,1-2H3. The highest BCUT2D eigenvalue weighted by molar-refractivity contribution is 5.96. The van der Waals surface area contributed by atoms with E-state index in [1.807, 2.05) is 38.1 Å². The fourth-order valence-electron chi connectivity index (χ4n) is 2.61. The summed E-state index contributed by atoms with van der Waals surface area (Å²) in [4.78, 5) is 12.2. The minimum atomic E-state index is 0.161. The molecule has 0 aliphatic carbocycles. The van der Waals surface area contributed by atoms with Gasteiger partial charge in [0, 0.05) is 18.0 Å². The van der Waals surface area contributed by atoms with Crippen molar-refractivity contribution in [2.45, 2.75) is 58.1 Å². The van der Waals surface area contributed by atoms with E-state index in [1.165, 1.54) is 19.3 Å². The number of rotatable bonds is 6. The van der Waals surface area contributed by atoms with Crippen LogP contribution < -0.4 is 10.1 Å². The van der Waals surface area contributed by atoms with Crippen LogP contribution in [-0.4, -0.2) is 24.5 Å². The van der Waals surface area contributed by atoms with Gasteiger partial charge < -0.3 is 10.1 Å². The zero-order valence-electron chi connectivity index (χ0n) is 12.5. The monoisotopic (exact) mass is 275 g/mol. The molecule has 0 spiro atoms. The molecule has 1 N–H and O–H groups in total. The van der Waals surface area contributed by atoms with Gasteiger partial charge >= 0.3 is 0 Å². The lowest BCUT2D eigenvalue weighted by atomic mass is 9.97. The first-order valence-electron chi connectivity index (χ1n) is 7.68. The Hall–Kier alpha value is -1.35. The summed E-state index contributed by atoms with van der Waals surface area (Å²) in [6.07, 6.45) is 5.49. The molecule has 0 amide bonds. The van der Waals surface area contributed by atoms with E-state index >= 15 is 0 Å². The van der Waals surface area contributed by atoms with Crippen LogP contribution in [0.3, 0.4) is 0 Å². The fourth-order valence-corrected chi connectivity index (χ4v) is 2.61. The van der Waals surface area contributed by atoms with Crippen LogP contribution in [0.4, 0.5) is 0 Å². The summed E-state index contributed by atoms with van der Waals surface area (Å²) in [5.74, 6) is 1.05. The molecule has 0 aromatic heterocycles. The van der Waals surface area contributed by atoms with E-state index in [1.54, 1.807) is 0 Å². The summed E-state index contributed by atoms with van der Waals surface area (Å²) in [6, 6.07) is 8.03. The van der Waals surface area contributed by atoms with Crippen LogP contribution in [0.5, 0.6) is 5.75 Å². The van der Waals surface area contributed by atoms with Crippen LogP contribution in [0.2, 0.25) is 0 Å². The lowest BCUT2D eigenvalue weighted by Gasteiger charge is -2.23. The molecule has 1 heterocycles. The molecule has 1 fully saturated rings. The largest absolute Gasteiger partial charge is 0.491 e. The first-order valence-corrected chi connectivity index (χ1v) is 7.68. The lowest BCUT2D eigenvalue weighted by molar-refractivity contribution is 0.0974. The molecule has 1 saturated heterocycles. The summed E-state index contributed by atoms with van der Waals surface area (Å²) < 4.78 is 5.58. The quantitative estimate of drug-likeness (QED) is 0.806. The molecule has 1 aliphatic rings. The maximum atomic E-state index is 12.2. The van der Waals surface area contributed by atoms with Crippen LogP contribution >= 0.6 is 0 Å². The molecular weight excluding hydrogens is 250 g/mol. The summed E-state index contributed by atoms with van der Waals surface area (Å²) in [7, 11) is 0. The summed E-state index contributed by atoms with van der Waals surface area (Å²) >= 11 is 0. The van der Waals surface area contributed by atoms with Crippen molar-refractivity contribution in [3.8, 4) is 5.75 Å².